The van der Waals surface area contributed by atoms with Crippen LogP contribution in [0.3, 0.4) is 0 Å². The zero-order valence-corrected chi connectivity index (χ0v) is 5.10. The topological polar surface area (TPSA) is 37.3 Å². The molecular formula is C5H4F4O2. The first kappa shape index (κ1) is 9.93. The van der Waals surface area contributed by atoms with Gasteiger partial charge in [-0.25, -0.2) is 13.6 Å². The number of alkyl halides is 4. The van der Waals surface area contributed by atoms with Crippen molar-refractivity contribution in [2.75, 3.05) is 0 Å². The Hall–Kier alpha value is -1.07. The van der Waals surface area contributed by atoms with Gasteiger partial charge in [-0.05, 0) is 6.08 Å². The summed E-state index contributed by atoms with van der Waals surface area (Å²) < 4.78 is 46.2. The maximum Gasteiger partial charge on any atom is 0.328 e. The molecule has 0 rings (SSSR count). The number of carbonyl (C=O) groups is 1. The highest BCUT2D eigenvalue weighted by molar-refractivity contribution is 5.79. The number of aliphatic carboxylic acids is 1. The van der Waals surface area contributed by atoms with Gasteiger partial charge in [0.1, 0.15) is 0 Å². The Kier molecular flexibility index (Phi) is 3.03. The quantitative estimate of drug-likeness (QED) is 0.517. The van der Waals surface area contributed by atoms with E-state index in [1.165, 1.54) is 0 Å². The van der Waals surface area contributed by atoms with Gasteiger partial charge in [0.2, 0.25) is 0 Å². The highest BCUT2D eigenvalue weighted by Crippen LogP contribution is 2.23. The van der Waals surface area contributed by atoms with Gasteiger partial charge < -0.3 is 5.11 Å². The standard InChI is InChI=1S/C5H4F4O2/c6-4(7)5(8,9)2-1-3(10)11/h1-2,4H,(H,10,11). The van der Waals surface area contributed by atoms with E-state index in [0.29, 0.717) is 0 Å². The van der Waals surface area contributed by atoms with Crippen LogP contribution in [0.15, 0.2) is 12.2 Å². The summed E-state index contributed by atoms with van der Waals surface area (Å²) in [4.78, 5) is 9.60. The molecule has 6 heteroatoms. The maximum atomic E-state index is 11.8. The van der Waals surface area contributed by atoms with E-state index in [1.54, 1.807) is 0 Å². The molecule has 0 aromatic heterocycles. The molecule has 0 aromatic rings. The molecule has 0 bridgehead atoms. The Balaban J connectivity index is 4.23. The van der Waals surface area contributed by atoms with Crippen molar-refractivity contribution in [3.63, 3.8) is 0 Å². The highest BCUT2D eigenvalue weighted by Gasteiger charge is 2.37. The number of hydrogen-bond acceptors (Lipinski definition) is 1. The van der Waals surface area contributed by atoms with E-state index in [9.17, 15) is 22.4 Å². The zero-order valence-electron chi connectivity index (χ0n) is 5.10. The van der Waals surface area contributed by atoms with Crippen molar-refractivity contribution in [2.24, 2.45) is 0 Å². The van der Waals surface area contributed by atoms with Crippen molar-refractivity contribution in [1.82, 2.24) is 0 Å². The number of halogens is 4. The highest BCUT2D eigenvalue weighted by atomic mass is 19.3. The largest absolute Gasteiger partial charge is 0.478 e. The third-order valence-electron chi connectivity index (χ3n) is 0.739. The molecule has 0 saturated heterocycles. The minimum atomic E-state index is -4.36. The van der Waals surface area contributed by atoms with Crippen LogP contribution in [0.1, 0.15) is 0 Å². The van der Waals surface area contributed by atoms with Crippen molar-refractivity contribution in [3.05, 3.63) is 12.2 Å². The number of carboxylic acid groups (broad SMARTS) is 1. The normalized spacial score (nSPS) is 12.8. The van der Waals surface area contributed by atoms with Crippen LogP contribution in [-0.4, -0.2) is 23.4 Å². The maximum absolute atomic E-state index is 11.8. The summed E-state index contributed by atoms with van der Waals surface area (Å²) in [5, 5.41) is 7.79. The van der Waals surface area contributed by atoms with E-state index >= 15 is 0 Å². The van der Waals surface area contributed by atoms with Gasteiger partial charge in [0.05, 0.1) is 0 Å². The number of allylic oxidation sites excluding steroid dienone is 1. The fourth-order valence-corrected chi connectivity index (χ4v) is 0.255. The van der Waals surface area contributed by atoms with Crippen LogP contribution in [0.5, 0.6) is 0 Å². The van der Waals surface area contributed by atoms with Crippen molar-refractivity contribution < 1.29 is 27.5 Å². The Labute approximate surface area is 59.1 Å². The number of hydrogen-bond donors (Lipinski definition) is 1. The minimum absolute atomic E-state index is 0.0217. The molecule has 2 nitrogen and oxygen atoms in total. The van der Waals surface area contributed by atoms with Gasteiger partial charge in [0.25, 0.3) is 0 Å². The molecule has 0 aliphatic carbocycles. The lowest BCUT2D eigenvalue weighted by Gasteiger charge is -2.08. The van der Waals surface area contributed by atoms with Crippen molar-refractivity contribution in [2.45, 2.75) is 12.3 Å². The van der Waals surface area contributed by atoms with Gasteiger partial charge in [-0.2, -0.15) is 8.78 Å². The van der Waals surface area contributed by atoms with Gasteiger partial charge in [0.15, 0.2) is 0 Å². The molecule has 0 amide bonds. The van der Waals surface area contributed by atoms with Gasteiger partial charge in [-0.1, -0.05) is 0 Å². The molecular weight excluding hydrogens is 168 g/mol. The molecule has 0 radical (unpaired) electrons. The summed E-state index contributed by atoms with van der Waals surface area (Å²) in [5.41, 5.74) is 0. The molecule has 0 spiro atoms. The van der Waals surface area contributed by atoms with Crippen LogP contribution in [-0.2, 0) is 4.79 Å². The third kappa shape index (κ3) is 3.59. The van der Waals surface area contributed by atoms with Crippen molar-refractivity contribution >= 4 is 5.97 Å². The van der Waals surface area contributed by atoms with E-state index in [-0.39, 0.29) is 12.2 Å². The molecule has 0 fully saturated rings. The van der Waals surface area contributed by atoms with Gasteiger partial charge in [-0.15, -0.1) is 0 Å². The van der Waals surface area contributed by atoms with Crippen LogP contribution in [0, 0.1) is 0 Å². The third-order valence-corrected chi connectivity index (χ3v) is 0.739. The van der Waals surface area contributed by atoms with Crippen LogP contribution in [0.4, 0.5) is 17.6 Å². The van der Waals surface area contributed by atoms with Gasteiger partial charge >= 0.3 is 18.3 Å². The lowest BCUT2D eigenvalue weighted by Crippen LogP contribution is -2.23. The van der Waals surface area contributed by atoms with Crippen LogP contribution >= 0.6 is 0 Å². The molecule has 0 atom stereocenters. The second kappa shape index (κ2) is 3.36. The second-order valence-corrected chi connectivity index (χ2v) is 1.65. The van der Waals surface area contributed by atoms with E-state index in [0.717, 1.165) is 0 Å². The van der Waals surface area contributed by atoms with Crippen molar-refractivity contribution in [1.29, 1.82) is 0 Å². The predicted octanol–water partition coefficient (Wildman–Crippen LogP) is 1.53. The molecule has 0 saturated carbocycles. The predicted molar refractivity (Wildman–Crippen MR) is 27.7 cm³/mol. The summed E-state index contributed by atoms with van der Waals surface area (Å²) in [6.07, 6.45) is -4.25. The van der Waals surface area contributed by atoms with Crippen LogP contribution in [0.25, 0.3) is 0 Å². The Morgan fingerprint density at radius 3 is 2.18 bits per heavy atom. The summed E-state index contributed by atoms with van der Waals surface area (Å²) in [6, 6.07) is 0. The lowest BCUT2D eigenvalue weighted by molar-refractivity contribution is -0.132. The SMILES string of the molecule is O=C(O)C=CC(F)(F)C(F)F. The van der Waals surface area contributed by atoms with E-state index < -0.39 is 18.3 Å². The summed E-state index contributed by atoms with van der Waals surface area (Å²) in [6.45, 7) is 0. The smallest absolute Gasteiger partial charge is 0.328 e. The summed E-state index contributed by atoms with van der Waals surface area (Å²) >= 11 is 0. The van der Waals surface area contributed by atoms with Crippen LogP contribution < -0.4 is 0 Å². The first-order chi connectivity index (χ1) is 4.86. The molecule has 0 unspecified atom stereocenters. The lowest BCUT2D eigenvalue weighted by atomic mass is 10.3. The number of carboxylic acids is 1. The Morgan fingerprint density at radius 1 is 1.45 bits per heavy atom. The first-order valence-electron chi connectivity index (χ1n) is 2.44. The average Bonchev–Trinajstić information content (AvgIpc) is 1.84. The molecule has 0 aliphatic rings. The first-order valence-corrected chi connectivity index (χ1v) is 2.44. The molecule has 0 heterocycles. The monoisotopic (exact) mass is 172 g/mol. The zero-order chi connectivity index (χ0) is 9.07. The number of rotatable bonds is 3. The molecule has 0 aromatic carbocycles. The molecule has 11 heavy (non-hydrogen) atoms. The van der Waals surface area contributed by atoms with E-state index in [1.807, 2.05) is 0 Å². The van der Waals surface area contributed by atoms with E-state index in [4.69, 9.17) is 5.11 Å². The van der Waals surface area contributed by atoms with Crippen molar-refractivity contribution in [3.8, 4) is 0 Å². The molecule has 0 aliphatic heterocycles. The fraction of sp³-hybridized carbons (Fsp3) is 0.400. The summed E-state index contributed by atoms with van der Waals surface area (Å²) in [5.74, 6) is -6.05. The Morgan fingerprint density at radius 2 is 1.91 bits per heavy atom. The van der Waals surface area contributed by atoms with Gasteiger partial charge in [0, 0.05) is 6.08 Å². The Bertz CT molecular complexity index is 175. The van der Waals surface area contributed by atoms with E-state index in [2.05, 4.69) is 0 Å². The van der Waals surface area contributed by atoms with Gasteiger partial charge in [-0.3, -0.25) is 0 Å². The second-order valence-electron chi connectivity index (χ2n) is 1.65. The van der Waals surface area contributed by atoms with Crippen LogP contribution in [0.2, 0.25) is 0 Å². The fourth-order valence-electron chi connectivity index (χ4n) is 0.255. The molecule has 1 N–H and O–H groups in total. The average molecular weight is 172 g/mol. The summed E-state index contributed by atoms with van der Waals surface area (Å²) in [7, 11) is 0. The molecule has 64 valence electrons. The minimum Gasteiger partial charge on any atom is -0.478 e.